The van der Waals surface area contributed by atoms with E-state index in [1.54, 1.807) is 11.0 Å². The monoisotopic (exact) mass is 341 g/mol. The van der Waals surface area contributed by atoms with Crippen molar-refractivity contribution in [1.29, 1.82) is 0 Å². The Balaban J connectivity index is 1.73. The van der Waals surface area contributed by atoms with Crippen molar-refractivity contribution in [2.75, 3.05) is 13.1 Å². The van der Waals surface area contributed by atoms with Gasteiger partial charge in [-0.2, -0.15) is 0 Å². The molecule has 1 aliphatic rings. The third kappa shape index (κ3) is 3.96. The van der Waals surface area contributed by atoms with Gasteiger partial charge in [0.1, 0.15) is 5.76 Å². The summed E-state index contributed by atoms with van der Waals surface area (Å²) in [5.41, 5.74) is 1.67. The summed E-state index contributed by atoms with van der Waals surface area (Å²) in [4.78, 5) is 14.3. The first kappa shape index (κ1) is 17.7. The minimum Gasteiger partial charge on any atom is -0.451 e. The van der Waals surface area contributed by atoms with Crippen LogP contribution in [-0.4, -0.2) is 34.6 Å². The van der Waals surface area contributed by atoms with Crippen molar-refractivity contribution >= 4 is 5.91 Å². The number of nitrogens with zero attached hydrogens (tertiary/aromatic N) is 1. The molecule has 0 unspecified atom stereocenters. The van der Waals surface area contributed by atoms with E-state index >= 15 is 0 Å². The lowest BCUT2D eigenvalue weighted by molar-refractivity contribution is -0.00286. The molecule has 3 rings (SSSR count). The number of carbonyl (C=O) groups excluding carboxylic acids is 1. The average molecular weight is 341 g/mol. The van der Waals surface area contributed by atoms with Crippen LogP contribution >= 0.6 is 0 Å². The Morgan fingerprint density at radius 2 is 1.68 bits per heavy atom. The molecule has 0 saturated carbocycles. The summed E-state index contributed by atoms with van der Waals surface area (Å²) in [6, 6.07) is 11.9. The molecule has 4 heteroatoms. The number of hydrogen-bond acceptors (Lipinski definition) is 3. The Hall–Kier alpha value is -2.07. The van der Waals surface area contributed by atoms with Gasteiger partial charge in [0, 0.05) is 18.7 Å². The summed E-state index contributed by atoms with van der Waals surface area (Å²) in [6.45, 7) is 9.48. The van der Waals surface area contributed by atoms with E-state index in [9.17, 15) is 9.90 Å². The predicted octanol–water partition coefficient (Wildman–Crippen LogP) is 4.23. The number of hydrogen-bond donors (Lipinski definition) is 1. The van der Waals surface area contributed by atoms with Crippen LogP contribution in [0.3, 0.4) is 0 Å². The molecule has 25 heavy (non-hydrogen) atoms. The Morgan fingerprint density at radius 1 is 1.08 bits per heavy atom. The number of likely N-dealkylation sites (tertiary alicyclic amines) is 1. The smallest absolute Gasteiger partial charge is 0.289 e. The molecule has 0 bridgehead atoms. The number of aliphatic hydroxyl groups is 1. The van der Waals surface area contributed by atoms with Gasteiger partial charge < -0.3 is 14.4 Å². The van der Waals surface area contributed by atoms with Crippen LogP contribution in [0.1, 0.15) is 56.7 Å². The van der Waals surface area contributed by atoms with E-state index in [0.29, 0.717) is 37.5 Å². The van der Waals surface area contributed by atoms with Crippen LogP contribution < -0.4 is 0 Å². The largest absolute Gasteiger partial charge is 0.451 e. The second-order valence-electron chi connectivity index (χ2n) is 8.28. The molecule has 1 amide bonds. The minimum absolute atomic E-state index is 0.104. The molecule has 1 aromatic carbocycles. The van der Waals surface area contributed by atoms with Gasteiger partial charge in [-0.25, -0.2) is 0 Å². The van der Waals surface area contributed by atoms with E-state index in [1.807, 2.05) is 25.1 Å². The Labute approximate surface area is 149 Å². The van der Waals surface area contributed by atoms with Crippen LogP contribution in [0.4, 0.5) is 0 Å². The van der Waals surface area contributed by atoms with Crippen LogP contribution in [0.5, 0.6) is 0 Å². The average Bonchev–Trinajstić information content (AvgIpc) is 3.03. The fourth-order valence-electron chi connectivity index (χ4n) is 3.09. The molecule has 1 saturated heterocycles. The first-order valence-corrected chi connectivity index (χ1v) is 8.88. The van der Waals surface area contributed by atoms with Gasteiger partial charge in [-0.3, -0.25) is 4.79 Å². The number of piperidine rings is 1. The van der Waals surface area contributed by atoms with Gasteiger partial charge in [-0.15, -0.1) is 0 Å². The highest BCUT2D eigenvalue weighted by Crippen LogP contribution is 2.28. The molecule has 1 aromatic heterocycles. The first-order chi connectivity index (χ1) is 11.7. The predicted molar refractivity (Wildman–Crippen MR) is 98.6 cm³/mol. The normalized spacial score (nSPS) is 17.6. The number of carbonyl (C=O) groups is 1. The molecule has 1 N–H and O–H groups in total. The molecule has 0 radical (unpaired) electrons. The maximum Gasteiger partial charge on any atom is 0.289 e. The van der Waals surface area contributed by atoms with Crippen LogP contribution in [0.2, 0.25) is 0 Å². The third-order valence-electron chi connectivity index (χ3n) is 4.98. The van der Waals surface area contributed by atoms with E-state index in [0.717, 1.165) is 5.56 Å². The van der Waals surface area contributed by atoms with Crippen molar-refractivity contribution in [3.8, 4) is 11.3 Å². The van der Waals surface area contributed by atoms with Gasteiger partial charge in [0.15, 0.2) is 5.76 Å². The molecular weight excluding hydrogens is 314 g/mol. The van der Waals surface area contributed by atoms with Gasteiger partial charge >= 0.3 is 0 Å². The fraction of sp³-hybridized carbons (Fsp3) is 0.476. The molecule has 1 aliphatic heterocycles. The van der Waals surface area contributed by atoms with E-state index in [2.05, 4.69) is 32.9 Å². The zero-order valence-electron chi connectivity index (χ0n) is 15.5. The van der Waals surface area contributed by atoms with Crippen LogP contribution in [-0.2, 0) is 5.41 Å². The zero-order valence-corrected chi connectivity index (χ0v) is 15.5. The molecule has 0 atom stereocenters. The summed E-state index contributed by atoms with van der Waals surface area (Å²) in [5, 5.41) is 10.0. The molecule has 1 fully saturated rings. The fourth-order valence-corrected chi connectivity index (χ4v) is 3.09. The van der Waals surface area contributed by atoms with Crippen molar-refractivity contribution in [2.45, 2.75) is 51.6 Å². The second-order valence-corrected chi connectivity index (χ2v) is 8.28. The van der Waals surface area contributed by atoms with Gasteiger partial charge in [0.25, 0.3) is 5.91 Å². The van der Waals surface area contributed by atoms with Crippen molar-refractivity contribution in [1.82, 2.24) is 4.90 Å². The summed E-state index contributed by atoms with van der Waals surface area (Å²) < 4.78 is 5.81. The van der Waals surface area contributed by atoms with E-state index in [1.165, 1.54) is 5.56 Å². The quantitative estimate of drug-likeness (QED) is 0.889. The lowest BCUT2D eigenvalue weighted by Crippen LogP contribution is -2.45. The molecule has 2 heterocycles. The van der Waals surface area contributed by atoms with Crippen molar-refractivity contribution < 1.29 is 14.3 Å². The van der Waals surface area contributed by atoms with Crippen molar-refractivity contribution in [3.63, 3.8) is 0 Å². The highest BCUT2D eigenvalue weighted by atomic mass is 16.4. The topological polar surface area (TPSA) is 53.7 Å². The van der Waals surface area contributed by atoms with E-state index in [4.69, 9.17) is 4.42 Å². The zero-order chi connectivity index (χ0) is 18.2. The number of rotatable bonds is 2. The maximum atomic E-state index is 12.6. The van der Waals surface area contributed by atoms with Gasteiger partial charge in [-0.05, 0) is 42.9 Å². The van der Waals surface area contributed by atoms with Gasteiger partial charge in [0.2, 0.25) is 0 Å². The Morgan fingerprint density at radius 3 is 2.24 bits per heavy atom. The summed E-state index contributed by atoms with van der Waals surface area (Å²) in [6.07, 6.45) is 1.20. The molecular formula is C21H27NO3. The number of furan rings is 1. The van der Waals surface area contributed by atoms with Crippen molar-refractivity contribution in [3.05, 3.63) is 47.7 Å². The molecule has 134 valence electrons. The van der Waals surface area contributed by atoms with Gasteiger partial charge in [-0.1, -0.05) is 45.0 Å². The molecule has 0 aliphatic carbocycles. The third-order valence-corrected chi connectivity index (χ3v) is 4.98. The molecule has 0 spiro atoms. The lowest BCUT2D eigenvalue weighted by Gasteiger charge is -2.35. The number of amides is 1. The number of benzene rings is 1. The summed E-state index contributed by atoms with van der Waals surface area (Å²) in [5.74, 6) is 0.956. The van der Waals surface area contributed by atoms with E-state index < -0.39 is 5.60 Å². The maximum absolute atomic E-state index is 12.6. The van der Waals surface area contributed by atoms with Gasteiger partial charge in [0.05, 0.1) is 5.60 Å². The minimum atomic E-state index is -0.667. The SMILES string of the molecule is CC1(O)CCN(C(=O)c2ccc(-c3ccc(C(C)(C)C)cc3)o2)CC1. The van der Waals surface area contributed by atoms with Crippen molar-refractivity contribution in [2.24, 2.45) is 0 Å². The first-order valence-electron chi connectivity index (χ1n) is 8.88. The standard InChI is InChI=1S/C21H27NO3/c1-20(2,3)16-7-5-15(6-8-16)17-9-10-18(25-17)19(23)22-13-11-21(4,24)12-14-22/h5-10,24H,11-14H2,1-4H3. The molecule has 4 nitrogen and oxygen atoms in total. The highest BCUT2D eigenvalue weighted by molar-refractivity contribution is 5.92. The summed E-state index contributed by atoms with van der Waals surface area (Å²) >= 11 is 0. The van der Waals surface area contributed by atoms with Crippen LogP contribution in [0.25, 0.3) is 11.3 Å². The van der Waals surface area contributed by atoms with Crippen LogP contribution in [0, 0.1) is 0 Å². The summed E-state index contributed by atoms with van der Waals surface area (Å²) in [7, 11) is 0. The molecule has 2 aromatic rings. The lowest BCUT2D eigenvalue weighted by atomic mass is 9.86. The second kappa shape index (κ2) is 6.34. The Kier molecular flexibility index (Phi) is 4.50. The Bertz CT molecular complexity index is 740. The van der Waals surface area contributed by atoms with Crippen LogP contribution in [0.15, 0.2) is 40.8 Å². The van der Waals surface area contributed by atoms with E-state index in [-0.39, 0.29) is 11.3 Å². The highest BCUT2D eigenvalue weighted by Gasteiger charge is 2.31.